The van der Waals surface area contributed by atoms with E-state index in [-0.39, 0.29) is 27.7 Å². The van der Waals surface area contributed by atoms with Gasteiger partial charge >= 0.3 is 0 Å². The van der Waals surface area contributed by atoms with Gasteiger partial charge in [-0.2, -0.15) is 0 Å². The van der Waals surface area contributed by atoms with E-state index in [9.17, 15) is 18.8 Å². The Morgan fingerprint density at radius 1 is 1.19 bits per heavy atom. The fraction of sp³-hybridized carbons (Fsp3) is 0.450. The van der Waals surface area contributed by atoms with Crippen molar-refractivity contribution in [3.63, 3.8) is 0 Å². The van der Waals surface area contributed by atoms with Gasteiger partial charge in [-0.3, -0.25) is 14.4 Å². The minimum absolute atomic E-state index is 0.0302. The summed E-state index contributed by atoms with van der Waals surface area (Å²) < 4.78 is 13.0. The first-order valence-electron chi connectivity index (χ1n) is 9.95. The molecule has 0 spiro atoms. The first kappa shape index (κ1) is 22.8. The number of likely N-dealkylation sites (tertiary alicyclic amines) is 1. The van der Waals surface area contributed by atoms with Crippen LogP contribution in [0.3, 0.4) is 0 Å². The minimum atomic E-state index is -0.528. The molecule has 2 heterocycles. The van der Waals surface area contributed by atoms with E-state index < -0.39 is 11.7 Å². The van der Waals surface area contributed by atoms with Gasteiger partial charge in [0.15, 0.2) is 0 Å². The maximum atomic E-state index is 13.0. The third-order valence-electron chi connectivity index (χ3n) is 4.84. The molecule has 2 aromatic rings. The summed E-state index contributed by atoms with van der Waals surface area (Å²) in [5.41, 5.74) is 0.411. The second-order valence-corrected chi connectivity index (χ2v) is 8.54. The van der Waals surface area contributed by atoms with Crippen LogP contribution in [0.4, 0.5) is 10.1 Å². The minimum Gasteiger partial charge on any atom is -0.355 e. The Hall–Kier alpha value is -2.92. The molecule has 1 atom stereocenters. The van der Waals surface area contributed by atoms with Gasteiger partial charge in [-0.25, -0.2) is 4.39 Å². The number of hydrogen-bond donors (Lipinski definition) is 2. The first-order valence-corrected chi connectivity index (χ1v) is 10.8. The van der Waals surface area contributed by atoms with Crippen molar-refractivity contribution in [3.8, 4) is 0 Å². The highest BCUT2D eigenvalue weighted by molar-refractivity contribution is 7.15. The van der Waals surface area contributed by atoms with Crippen molar-refractivity contribution in [2.24, 2.45) is 5.92 Å². The molecule has 1 fully saturated rings. The van der Waals surface area contributed by atoms with Gasteiger partial charge in [0, 0.05) is 31.9 Å². The second-order valence-electron chi connectivity index (χ2n) is 7.56. The van der Waals surface area contributed by atoms with E-state index in [0.717, 1.165) is 24.3 Å². The van der Waals surface area contributed by atoms with Crippen LogP contribution in [-0.4, -0.2) is 78.0 Å². The van der Waals surface area contributed by atoms with Crippen LogP contribution in [0.15, 0.2) is 24.3 Å². The highest BCUT2D eigenvalue weighted by atomic mass is 32.1. The molecule has 0 radical (unpaired) electrons. The van der Waals surface area contributed by atoms with Gasteiger partial charge in [-0.15, -0.1) is 10.2 Å². The predicted octanol–water partition coefficient (Wildman–Crippen LogP) is 1.46. The maximum Gasteiger partial charge on any atom is 0.286 e. The summed E-state index contributed by atoms with van der Waals surface area (Å²) in [6.45, 7) is 2.13. The van der Waals surface area contributed by atoms with Crippen molar-refractivity contribution in [2.75, 3.05) is 45.6 Å². The van der Waals surface area contributed by atoms with Crippen molar-refractivity contribution >= 4 is 34.7 Å². The maximum absolute atomic E-state index is 13.0. The van der Waals surface area contributed by atoms with Crippen LogP contribution >= 0.6 is 11.3 Å². The molecule has 1 unspecified atom stereocenters. The molecule has 31 heavy (non-hydrogen) atoms. The monoisotopic (exact) mass is 448 g/mol. The number of hydrogen-bond acceptors (Lipinski definition) is 7. The SMILES string of the molecule is CN(C)CCNC(=O)C1CCCN(C(=O)c2nnc(C(=O)Nc3ccc(F)cc3)s2)C1. The van der Waals surface area contributed by atoms with E-state index in [1.165, 1.54) is 24.3 Å². The van der Waals surface area contributed by atoms with Gasteiger partial charge in [0.1, 0.15) is 5.82 Å². The number of aromatic nitrogens is 2. The Balaban J connectivity index is 1.57. The Bertz CT molecular complexity index is 933. The lowest BCUT2D eigenvalue weighted by molar-refractivity contribution is -0.126. The fourth-order valence-corrected chi connectivity index (χ4v) is 3.88. The Labute approximate surface area is 183 Å². The lowest BCUT2D eigenvalue weighted by Gasteiger charge is -2.31. The molecule has 0 aliphatic carbocycles. The van der Waals surface area contributed by atoms with Crippen molar-refractivity contribution in [1.29, 1.82) is 0 Å². The van der Waals surface area contributed by atoms with Gasteiger partial charge < -0.3 is 20.4 Å². The Kier molecular flexibility index (Phi) is 7.64. The van der Waals surface area contributed by atoms with Crippen molar-refractivity contribution in [3.05, 3.63) is 40.1 Å². The summed E-state index contributed by atoms with van der Waals surface area (Å²) in [6, 6.07) is 5.32. The molecule has 1 aliphatic heterocycles. The van der Waals surface area contributed by atoms with Crippen molar-refractivity contribution in [1.82, 2.24) is 25.3 Å². The zero-order valence-electron chi connectivity index (χ0n) is 17.4. The van der Waals surface area contributed by atoms with Crippen LogP contribution in [0.25, 0.3) is 0 Å². The summed E-state index contributed by atoms with van der Waals surface area (Å²) in [4.78, 5) is 41.1. The second kappa shape index (κ2) is 10.4. The number of anilines is 1. The molecule has 0 saturated carbocycles. The Morgan fingerprint density at radius 2 is 1.90 bits per heavy atom. The first-order chi connectivity index (χ1) is 14.8. The molecule has 1 aliphatic rings. The number of likely N-dealkylation sites (N-methyl/N-ethyl adjacent to an activating group) is 1. The van der Waals surface area contributed by atoms with Crippen LogP contribution < -0.4 is 10.6 Å². The number of piperidine rings is 1. The quantitative estimate of drug-likeness (QED) is 0.664. The number of nitrogens with zero attached hydrogens (tertiary/aromatic N) is 4. The molecule has 3 amide bonds. The number of rotatable bonds is 7. The molecule has 9 nitrogen and oxygen atoms in total. The third kappa shape index (κ3) is 6.28. The van der Waals surface area contributed by atoms with Crippen LogP contribution in [0.1, 0.15) is 32.4 Å². The number of nitrogens with one attached hydrogen (secondary N) is 2. The number of carbonyl (C=O) groups is 3. The predicted molar refractivity (Wildman–Crippen MR) is 114 cm³/mol. The van der Waals surface area contributed by atoms with Gasteiger partial charge in [-0.1, -0.05) is 11.3 Å². The smallest absolute Gasteiger partial charge is 0.286 e. The highest BCUT2D eigenvalue weighted by Crippen LogP contribution is 2.21. The fourth-order valence-electron chi connectivity index (χ4n) is 3.18. The summed E-state index contributed by atoms with van der Waals surface area (Å²) in [7, 11) is 3.87. The number of halogens is 1. The molecule has 11 heteroatoms. The van der Waals surface area contributed by atoms with Gasteiger partial charge in [0.2, 0.25) is 15.9 Å². The van der Waals surface area contributed by atoms with Crippen LogP contribution in [0.5, 0.6) is 0 Å². The van der Waals surface area contributed by atoms with E-state index in [0.29, 0.717) is 31.7 Å². The average Bonchev–Trinajstić information content (AvgIpc) is 3.25. The lowest BCUT2D eigenvalue weighted by atomic mass is 9.97. The van der Waals surface area contributed by atoms with Gasteiger partial charge in [0.05, 0.1) is 5.92 Å². The van der Waals surface area contributed by atoms with E-state index in [1.54, 1.807) is 4.90 Å². The largest absolute Gasteiger partial charge is 0.355 e. The number of carbonyl (C=O) groups excluding carboxylic acids is 3. The van der Waals surface area contributed by atoms with E-state index in [4.69, 9.17) is 0 Å². The van der Waals surface area contributed by atoms with E-state index in [1.807, 2.05) is 19.0 Å². The van der Waals surface area contributed by atoms with Crippen LogP contribution in [-0.2, 0) is 4.79 Å². The van der Waals surface area contributed by atoms with E-state index >= 15 is 0 Å². The lowest BCUT2D eigenvalue weighted by Crippen LogP contribution is -2.46. The topological polar surface area (TPSA) is 108 Å². The van der Waals surface area contributed by atoms with Crippen molar-refractivity contribution < 1.29 is 18.8 Å². The molecule has 0 bridgehead atoms. The van der Waals surface area contributed by atoms with Crippen LogP contribution in [0, 0.1) is 11.7 Å². The average molecular weight is 449 g/mol. The molecular formula is C20H25FN6O3S. The summed E-state index contributed by atoms with van der Waals surface area (Å²) in [5, 5.41) is 13.3. The zero-order valence-corrected chi connectivity index (χ0v) is 18.2. The van der Waals surface area contributed by atoms with Crippen molar-refractivity contribution in [2.45, 2.75) is 12.8 Å². The molecule has 2 N–H and O–H groups in total. The summed E-state index contributed by atoms with van der Waals surface area (Å²) in [5.74, 6) is -1.61. The molecule has 1 aromatic carbocycles. The number of benzene rings is 1. The molecule has 1 aromatic heterocycles. The summed E-state index contributed by atoms with van der Waals surface area (Å²) in [6.07, 6.45) is 1.44. The van der Waals surface area contributed by atoms with Crippen LogP contribution in [0.2, 0.25) is 0 Å². The van der Waals surface area contributed by atoms with Gasteiger partial charge in [-0.05, 0) is 51.2 Å². The molecular weight excluding hydrogens is 423 g/mol. The zero-order chi connectivity index (χ0) is 22.4. The summed E-state index contributed by atoms with van der Waals surface area (Å²) >= 11 is 0.886. The molecule has 3 rings (SSSR count). The highest BCUT2D eigenvalue weighted by Gasteiger charge is 2.30. The normalized spacial score (nSPS) is 16.3. The van der Waals surface area contributed by atoms with E-state index in [2.05, 4.69) is 20.8 Å². The molecule has 1 saturated heterocycles. The number of amides is 3. The standard InChI is InChI=1S/C20H25FN6O3S/c1-26(2)11-9-22-16(28)13-4-3-10-27(12-13)20(30)19-25-24-18(31-19)17(29)23-15-7-5-14(21)6-8-15/h5-8,13H,3-4,9-12H2,1-2H3,(H,22,28)(H,23,29). The molecule has 166 valence electrons. The third-order valence-corrected chi connectivity index (χ3v) is 5.75. The Morgan fingerprint density at radius 3 is 2.61 bits per heavy atom. The van der Waals surface area contributed by atoms with Gasteiger partial charge in [0.25, 0.3) is 11.8 Å².